The van der Waals surface area contributed by atoms with Gasteiger partial charge >= 0.3 is 0 Å². The predicted octanol–water partition coefficient (Wildman–Crippen LogP) is 3.27. The van der Waals surface area contributed by atoms with E-state index in [0.29, 0.717) is 0 Å². The first-order chi connectivity index (χ1) is 10.2. The smallest absolute Gasteiger partial charge is 0.121 e. The zero-order valence-electron chi connectivity index (χ0n) is 12.9. The summed E-state index contributed by atoms with van der Waals surface area (Å²) in [5.41, 5.74) is 3.07. The van der Waals surface area contributed by atoms with Gasteiger partial charge in [0.2, 0.25) is 0 Å². The van der Waals surface area contributed by atoms with Crippen LogP contribution in [0.15, 0.2) is 22.7 Å². The van der Waals surface area contributed by atoms with Crippen LogP contribution in [0.3, 0.4) is 0 Å². The van der Waals surface area contributed by atoms with Crippen molar-refractivity contribution >= 4 is 15.9 Å². The minimum Gasteiger partial charge on any atom is -0.497 e. The lowest BCUT2D eigenvalue weighted by Crippen LogP contribution is -2.17. The first-order valence-corrected chi connectivity index (χ1v) is 7.91. The van der Waals surface area contributed by atoms with Gasteiger partial charge in [-0.1, -0.05) is 19.1 Å². The minimum absolute atomic E-state index is 0.220. The molecule has 1 atom stereocenters. The number of benzene rings is 1. The van der Waals surface area contributed by atoms with Crippen molar-refractivity contribution in [3.8, 4) is 11.4 Å². The molecule has 0 aliphatic heterocycles. The summed E-state index contributed by atoms with van der Waals surface area (Å²) in [5.74, 6) is 0.799. The third-order valence-corrected chi connectivity index (χ3v) is 4.27. The van der Waals surface area contributed by atoms with Crippen LogP contribution in [0.1, 0.15) is 37.7 Å². The molecule has 0 saturated carbocycles. The highest BCUT2D eigenvalue weighted by atomic mass is 79.9. The molecule has 114 valence electrons. The van der Waals surface area contributed by atoms with Crippen LogP contribution in [-0.2, 0) is 6.42 Å². The third-order valence-electron chi connectivity index (χ3n) is 3.60. The Morgan fingerprint density at radius 3 is 2.71 bits per heavy atom. The Balaban J connectivity index is 2.54. The number of methoxy groups -OCH3 is 1. The van der Waals surface area contributed by atoms with Gasteiger partial charge < -0.3 is 10.1 Å². The van der Waals surface area contributed by atoms with Gasteiger partial charge in [0, 0.05) is 10.5 Å². The van der Waals surface area contributed by atoms with Crippen LogP contribution < -0.4 is 10.1 Å². The second-order valence-electron chi connectivity index (χ2n) is 4.75. The molecule has 21 heavy (non-hydrogen) atoms. The van der Waals surface area contributed by atoms with Crippen LogP contribution in [0.2, 0.25) is 0 Å². The van der Waals surface area contributed by atoms with Gasteiger partial charge in [-0.3, -0.25) is 0 Å². The summed E-state index contributed by atoms with van der Waals surface area (Å²) in [6.07, 6.45) is 1.84. The SMILES string of the molecule is CCc1c(C(CC)NC)nnn1-c1cc(OC)ccc1Br. The molecule has 1 unspecified atom stereocenters. The predicted molar refractivity (Wildman–Crippen MR) is 87.1 cm³/mol. The summed E-state index contributed by atoms with van der Waals surface area (Å²) in [5, 5.41) is 12.0. The highest BCUT2D eigenvalue weighted by Crippen LogP contribution is 2.28. The van der Waals surface area contributed by atoms with E-state index >= 15 is 0 Å². The van der Waals surface area contributed by atoms with Gasteiger partial charge in [0.1, 0.15) is 11.4 Å². The van der Waals surface area contributed by atoms with Crippen LogP contribution in [-0.4, -0.2) is 29.2 Å². The van der Waals surface area contributed by atoms with Crippen molar-refractivity contribution in [2.75, 3.05) is 14.2 Å². The van der Waals surface area contributed by atoms with Crippen molar-refractivity contribution in [2.45, 2.75) is 32.7 Å². The molecule has 0 amide bonds. The number of hydrogen-bond acceptors (Lipinski definition) is 4. The summed E-state index contributed by atoms with van der Waals surface area (Å²) in [6, 6.07) is 6.06. The Hall–Kier alpha value is -1.40. The first-order valence-electron chi connectivity index (χ1n) is 7.11. The number of halogens is 1. The Bertz CT molecular complexity index is 608. The van der Waals surface area contributed by atoms with E-state index in [1.165, 1.54) is 0 Å². The van der Waals surface area contributed by atoms with E-state index in [2.05, 4.69) is 45.4 Å². The van der Waals surface area contributed by atoms with Crippen LogP contribution in [0.25, 0.3) is 5.69 Å². The highest BCUT2D eigenvalue weighted by Gasteiger charge is 2.20. The fourth-order valence-electron chi connectivity index (χ4n) is 2.42. The Kier molecular flexibility index (Phi) is 5.36. The van der Waals surface area contributed by atoms with E-state index in [9.17, 15) is 0 Å². The van der Waals surface area contributed by atoms with Crippen LogP contribution in [0.4, 0.5) is 0 Å². The normalized spacial score (nSPS) is 12.4. The van der Waals surface area contributed by atoms with Gasteiger partial charge in [-0.05, 0) is 48.0 Å². The number of ether oxygens (including phenoxy) is 1. The van der Waals surface area contributed by atoms with Crippen molar-refractivity contribution in [2.24, 2.45) is 0 Å². The monoisotopic (exact) mass is 352 g/mol. The molecule has 0 aliphatic rings. The third kappa shape index (κ3) is 3.11. The maximum atomic E-state index is 5.31. The topological polar surface area (TPSA) is 52.0 Å². The molecule has 1 aromatic carbocycles. The van der Waals surface area contributed by atoms with Crippen LogP contribution >= 0.6 is 15.9 Å². The molecule has 0 radical (unpaired) electrons. The summed E-state index contributed by atoms with van der Waals surface area (Å²) >= 11 is 3.58. The number of hydrogen-bond donors (Lipinski definition) is 1. The zero-order chi connectivity index (χ0) is 15.4. The summed E-state index contributed by atoms with van der Waals surface area (Å²) in [4.78, 5) is 0. The standard InChI is InChI=1S/C15H21BrN4O/c1-5-12(17-3)15-13(6-2)20(19-18-15)14-9-10(21-4)7-8-11(14)16/h7-9,12,17H,5-6H2,1-4H3. The fraction of sp³-hybridized carbons (Fsp3) is 0.467. The van der Waals surface area contributed by atoms with Crippen molar-refractivity contribution < 1.29 is 4.74 Å². The van der Waals surface area contributed by atoms with E-state index in [-0.39, 0.29) is 6.04 Å². The molecule has 5 nitrogen and oxygen atoms in total. The number of nitrogens with one attached hydrogen (secondary N) is 1. The van der Waals surface area contributed by atoms with Crippen molar-refractivity contribution in [3.05, 3.63) is 34.1 Å². The maximum absolute atomic E-state index is 5.31. The average molecular weight is 353 g/mol. The molecule has 1 heterocycles. The average Bonchev–Trinajstić information content (AvgIpc) is 2.92. The van der Waals surface area contributed by atoms with E-state index in [4.69, 9.17) is 4.74 Å². The lowest BCUT2D eigenvalue weighted by atomic mass is 10.1. The second kappa shape index (κ2) is 7.04. The van der Waals surface area contributed by atoms with Crippen molar-refractivity contribution in [3.63, 3.8) is 0 Å². The van der Waals surface area contributed by atoms with Gasteiger partial charge in [-0.15, -0.1) is 5.10 Å². The summed E-state index contributed by atoms with van der Waals surface area (Å²) in [6.45, 7) is 4.26. The highest BCUT2D eigenvalue weighted by molar-refractivity contribution is 9.10. The molecule has 0 bridgehead atoms. The van der Waals surface area contributed by atoms with Gasteiger partial charge in [0.25, 0.3) is 0 Å². The molecule has 1 aromatic heterocycles. The lowest BCUT2D eigenvalue weighted by molar-refractivity contribution is 0.414. The number of rotatable bonds is 6. The molecule has 0 saturated heterocycles. The molecular formula is C15H21BrN4O. The summed E-state index contributed by atoms with van der Waals surface area (Å²) in [7, 11) is 3.61. The van der Waals surface area contributed by atoms with E-state index in [0.717, 1.165) is 40.1 Å². The van der Waals surface area contributed by atoms with Gasteiger partial charge in [0.15, 0.2) is 0 Å². The van der Waals surface area contributed by atoms with Crippen molar-refractivity contribution in [1.29, 1.82) is 0 Å². The van der Waals surface area contributed by atoms with Gasteiger partial charge in [-0.25, -0.2) is 4.68 Å². The molecule has 0 fully saturated rings. The maximum Gasteiger partial charge on any atom is 0.121 e. The molecule has 2 rings (SSSR count). The molecule has 0 spiro atoms. The quantitative estimate of drug-likeness (QED) is 0.866. The molecule has 1 N–H and O–H groups in total. The van der Waals surface area contributed by atoms with E-state index in [1.807, 2.05) is 29.9 Å². The summed E-state index contributed by atoms with van der Waals surface area (Å²) < 4.78 is 8.16. The molecular weight excluding hydrogens is 332 g/mol. The fourth-order valence-corrected chi connectivity index (χ4v) is 2.84. The first kappa shape index (κ1) is 16.0. The lowest BCUT2D eigenvalue weighted by Gasteiger charge is -2.14. The Morgan fingerprint density at radius 2 is 2.14 bits per heavy atom. The van der Waals surface area contributed by atoms with E-state index < -0.39 is 0 Å². The van der Waals surface area contributed by atoms with Gasteiger partial charge in [-0.2, -0.15) is 0 Å². The van der Waals surface area contributed by atoms with Crippen molar-refractivity contribution in [1.82, 2.24) is 20.3 Å². The van der Waals surface area contributed by atoms with Crippen LogP contribution in [0.5, 0.6) is 5.75 Å². The van der Waals surface area contributed by atoms with Crippen LogP contribution in [0, 0.1) is 0 Å². The Morgan fingerprint density at radius 1 is 1.38 bits per heavy atom. The Labute approximate surface area is 133 Å². The zero-order valence-corrected chi connectivity index (χ0v) is 14.4. The molecule has 2 aromatic rings. The number of aromatic nitrogens is 3. The van der Waals surface area contributed by atoms with Gasteiger partial charge in [0.05, 0.1) is 24.5 Å². The minimum atomic E-state index is 0.220. The molecule has 6 heteroatoms. The molecule has 0 aliphatic carbocycles. The van der Waals surface area contributed by atoms with E-state index in [1.54, 1.807) is 7.11 Å². The largest absolute Gasteiger partial charge is 0.497 e. The number of nitrogens with zero attached hydrogens (tertiary/aromatic N) is 3. The second-order valence-corrected chi connectivity index (χ2v) is 5.61.